The van der Waals surface area contributed by atoms with E-state index in [-0.39, 0.29) is 11.8 Å². The van der Waals surface area contributed by atoms with Crippen LogP contribution in [-0.2, 0) is 22.6 Å². The molecule has 0 atom stereocenters. The minimum atomic E-state index is 0.0779. The van der Waals surface area contributed by atoms with E-state index < -0.39 is 0 Å². The van der Waals surface area contributed by atoms with Crippen LogP contribution in [0.15, 0.2) is 51.6 Å². The molecule has 174 valence electrons. The topological polar surface area (TPSA) is 72.0 Å². The van der Waals surface area contributed by atoms with Crippen molar-refractivity contribution in [3.05, 3.63) is 59.5 Å². The lowest BCUT2D eigenvalue weighted by Crippen LogP contribution is -2.38. The summed E-state index contributed by atoms with van der Waals surface area (Å²) in [7, 11) is 0. The Morgan fingerprint density at radius 1 is 1.12 bits per heavy atom. The summed E-state index contributed by atoms with van der Waals surface area (Å²) < 4.78 is 17.1. The molecule has 1 saturated heterocycles. The molecular formula is C26H31N3O4. The Labute approximate surface area is 194 Å². The monoisotopic (exact) mass is 449 g/mol. The van der Waals surface area contributed by atoms with E-state index in [1.54, 1.807) is 6.26 Å². The Kier molecular flexibility index (Phi) is 6.48. The fraction of sp³-hybridized carbons (Fsp3) is 0.462. The SMILES string of the molecule is Cc1cccc(-c2noc(N3CCOCC3)c2CN(Cc2ccco2)C(=O)C2CCCC2)c1. The highest BCUT2D eigenvalue weighted by molar-refractivity contribution is 5.80. The second-order valence-electron chi connectivity index (χ2n) is 9.04. The molecule has 1 aliphatic carbocycles. The minimum Gasteiger partial charge on any atom is -0.467 e. The van der Waals surface area contributed by atoms with Crippen molar-refractivity contribution < 1.29 is 18.5 Å². The number of hydrogen-bond acceptors (Lipinski definition) is 6. The highest BCUT2D eigenvalue weighted by Crippen LogP contribution is 2.35. The predicted octanol–water partition coefficient (Wildman–Crippen LogP) is 4.80. The molecule has 0 bridgehead atoms. The average molecular weight is 450 g/mol. The van der Waals surface area contributed by atoms with Crippen LogP contribution in [0.5, 0.6) is 0 Å². The number of hydrogen-bond donors (Lipinski definition) is 0. The van der Waals surface area contributed by atoms with E-state index >= 15 is 0 Å². The van der Waals surface area contributed by atoms with Crippen LogP contribution in [0, 0.1) is 12.8 Å². The molecule has 7 nitrogen and oxygen atoms in total. The summed E-state index contributed by atoms with van der Waals surface area (Å²) in [5.41, 5.74) is 3.90. The van der Waals surface area contributed by atoms with Gasteiger partial charge in [-0.25, -0.2) is 0 Å². The zero-order valence-electron chi connectivity index (χ0n) is 19.2. The van der Waals surface area contributed by atoms with Gasteiger partial charge >= 0.3 is 0 Å². The predicted molar refractivity (Wildman–Crippen MR) is 125 cm³/mol. The molecule has 1 saturated carbocycles. The lowest BCUT2D eigenvalue weighted by atomic mass is 10.0. The minimum absolute atomic E-state index is 0.0779. The number of morpholine rings is 1. The number of aryl methyl sites for hydroxylation is 1. The second kappa shape index (κ2) is 9.83. The Morgan fingerprint density at radius 3 is 2.67 bits per heavy atom. The lowest BCUT2D eigenvalue weighted by Gasteiger charge is -2.29. The van der Waals surface area contributed by atoms with Gasteiger partial charge in [-0.1, -0.05) is 41.8 Å². The smallest absolute Gasteiger partial charge is 0.233 e. The number of amides is 1. The molecule has 1 amide bonds. The van der Waals surface area contributed by atoms with Gasteiger partial charge in [0.1, 0.15) is 11.5 Å². The fourth-order valence-corrected chi connectivity index (χ4v) is 4.90. The van der Waals surface area contributed by atoms with Crippen molar-refractivity contribution in [3.8, 4) is 11.3 Å². The summed E-state index contributed by atoms with van der Waals surface area (Å²) in [5.74, 6) is 1.78. The van der Waals surface area contributed by atoms with Gasteiger partial charge in [-0.2, -0.15) is 0 Å². The molecule has 0 unspecified atom stereocenters. The van der Waals surface area contributed by atoms with Gasteiger partial charge in [-0.15, -0.1) is 0 Å². The second-order valence-corrected chi connectivity index (χ2v) is 9.04. The number of benzene rings is 1. The van der Waals surface area contributed by atoms with E-state index in [4.69, 9.17) is 13.7 Å². The molecule has 5 rings (SSSR count). The van der Waals surface area contributed by atoms with Gasteiger partial charge in [0.25, 0.3) is 0 Å². The Morgan fingerprint density at radius 2 is 1.94 bits per heavy atom. The van der Waals surface area contributed by atoms with E-state index in [2.05, 4.69) is 29.1 Å². The molecule has 2 aromatic heterocycles. The number of anilines is 1. The number of nitrogens with zero attached hydrogens (tertiary/aromatic N) is 3. The van der Waals surface area contributed by atoms with Crippen molar-refractivity contribution in [1.29, 1.82) is 0 Å². The van der Waals surface area contributed by atoms with Gasteiger partial charge in [0.2, 0.25) is 11.8 Å². The normalized spacial score (nSPS) is 16.9. The zero-order valence-corrected chi connectivity index (χ0v) is 19.2. The summed E-state index contributed by atoms with van der Waals surface area (Å²) in [6, 6.07) is 12.0. The Hall–Kier alpha value is -3.06. The van der Waals surface area contributed by atoms with Crippen LogP contribution >= 0.6 is 0 Å². The summed E-state index contributed by atoms with van der Waals surface area (Å²) in [6.45, 7) is 5.71. The van der Waals surface area contributed by atoms with Crippen LogP contribution < -0.4 is 4.90 Å². The van der Waals surface area contributed by atoms with Gasteiger partial charge in [0, 0.05) is 24.6 Å². The fourth-order valence-electron chi connectivity index (χ4n) is 4.90. The number of furan rings is 1. The van der Waals surface area contributed by atoms with E-state index in [0.717, 1.165) is 72.8 Å². The van der Waals surface area contributed by atoms with Crippen LogP contribution in [0.1, 0.15) is 42.6 Å². The first-order valence-electron chi connectivity index (χ1n) is 11.9. The van der Waals surface area contributed by atoms with Crippen molar-refractivity contribution in [2.24, 2.45) is 5.92 Å². The van der Waals surface area contributed by atoms with Crippen molar-refractivity contribution >= 4 is 11.8 Å². The first-order chi connectivity index (χ1) is 16.2. The average Bonchev–Trinajstić information content (AvgIpc) is 3.61. The Bertz CT molecular complexity index is 1060. The molecular weight excluding hydrogens is 418 g/mol. The Balaban J connectivity index is 1.52. The summed E-state index contributed by atoms with van der Waals surface area (Å²) >= 11 is 0. The third-order valence-corrected chi connectivity index (χ3v) is 6.65. The maximum atomic E-state index is 13.6. The molecule has 0 N–H and O–H groups in total. The van der Waals surface area contributed by atoms with Crippen molar-refractivity contribution in [2.75, 3.05) is 31.2 Å². The van der Waals surface area contributed by atoms with E-state index in [0.29, 0.717) is 26.3 Å². The van der Waals surface area contributed by atoms with Crippen molar-refractivity contribution in [1.82, 2.24) is 10.1 Å². The lowest BCUT2D eigenvalue weighted by molar-refractivity contribution is -0.136. The van der Waals surface area contributed by atoms with Gasteiger partial charge in [0.05, 0.1) is 38.1 Å². The van der Waals surface area contributed by atoms with Crippen molar-refractivity contribution in [2.45, 2.75) is 45.7 Å². The molecule has 1 aliphatic heterocycles. The molecule has 1 aromatic carbocycles. The molecule has 3 aromatic rings. The summed E-state index contributed by atoms with van der Waals surface area (Å²) in [5, 5.41) is 4.49. The molecule has 7 heteroatoms. The maximum Gasteiger partial charge on any atom is 0.233 e. The highest BCUT2D eigenvalue weighted by Gasteiger charge is 2.31. The van der Waals surface area contributed by atoms with E-state index in [9.17, 15) is 4.79 Å². The van der Waals surface area contributed by atoms with Crippen molar-refractivity contribution in [3.63, 3.8) is 0 Å². The molecule has 0 radical (unpaired) electrons. The third-order valence-electron chi connectivity index (χ3n) is 6.65. The van der Waals surface area contributed by atoms with E-state index in [1.807, 2.05) is 29.2 Å². The number of ether oxygens (including phenoxy) is 1. The molecule has 2 fully saturated rings. The van der Waals surface area contributed by atoms with Gasteiger partial charge in [-0.05, 0) is 38.0 Å². The van der Waals surface area contributed by atoms with Gasteiger partial charge in [-0.3, -0.25) is 4.79 Å². The first kappa shape index (κ1) is 21.8. The number of rotatable bonds is 7. The molecule has 2 aliphatic rings. The first-order valence-corrected chi connectivity index (χ1v) is 11.9. The summed E-state index contributed by atoms with van der Waals surface area (Å²) in [4.78, 5) is 17.7. The number of carbonyl (C=O) groups excluding carboxylic acids is 1. The number of aromatic nitrogens is 1. The third kappa shape index (κ3) is 4.83. The molecule has 33 heavy (non-hydrogen) atoms. The molecule has 3 heterocycles. The number of carbonyl (C=O) groups is 1. The van der Waals surface area contributed by atoms with Crippen LogP contribution in [0.25, 0.3) is 11.3 Å². The molecule has 0 spiro atoms. The van der Waals surface area contributed by atoms with Crippen LogP contribution in [0.4, 0.5) is 5.88 Å². The quantitative estimate of drug-likeness (QED) is 0.516. The largest absolute Gasteiger partial charge is 0.467 e. The van der Waals surface area contributed by atoms with Crippen LogP contribution in [-0.4, -0.2) is 42.3 Å². The maximum absolute atomic E-state index is 13.6. The van der Waals surface area contributed by atoms with Gasteiger partial charge < -0.3 is 23.5 Å². The van der Waals surface area contributed by atoms with E-state index in [1.165, 1.54) is 0 Å². The van der Waals surface area contributed by atoms with Crippen LogP contribution in [0.2, 0.25) is 0 Å². The van der Waals surface area contributed by atoms with Gasteiger partial charge in [0.15, 0.2) is 0 Å². The highest BCUT2D eigenvalue weighted by atomic mass is 16.5. The standard InChI is InChI=1S/C26H31N3O4/c1-19-6-4-9-21(16-19)24-23(26(33-27-24)28-11-14-31-15-12-28)18-29(17-22-10-5-13-32-22)25(30)20-7-2-3-8-20/h4-6,9-10,13,16,20H,2-3,7-8,11-12,14-15,17-18H2,1H3. The summed E-state index contributed by atoms with van der Waals surface area (Å²) in [6.07, 6.45) is 5.80. The zero-order chi connectivity index (χ0) is 22.6. The van der Waals surface area contributed by atoms with Crippen LogP contribution in [0.3, 0.4) is 0 Å².